The smallest absolute Gasteiger partial charge is 0.165 e. The van der Waals surface area contributed by atoms with Gasteiger partial charge in [-0.25, -0.2) is 9.97 Å². The van der Waals surface area contributed by atoms with Gasteiger partial charge in [0.05, 0.1) is 38.6 Å². The van der Waals surface area contributed by atoms with E-state index in [0.29, 0.717) is 0 Å². The predicted octanol–water partition coefficient (Wildman–Crippen LogP) is 10.7. The Hall–Kier alpha value is -6.26. The van der Waals surface area contributed by atoms with Gasteiger partial charge in [-0.05, 0) is 41.1 Å². The minimum atomic E-state index is 0.835. The highest BCUT2D eigenvalue weighted by Crippen LogP contribution is 2.46. The van der Waals surface area contributed by atoms with E-state index in [2.05, 4.69) is 155 Å². The first kappa shape index (κ1) is 24.1. The van der Waals surface area contributed by atoms with E-state index >= 15 is 0 Å². The van der Waals surface area contributed by atoms with E-state index in [1.165, 1.54) is 48.9 Å². The van der Waals surface area contributed by atoms with Crippen molar-refractivity contribution in [2.45, 2.75) is 0 Å². The van der Waals surface area contributed by atoms with Gasteiger partial charge in [-0.2, -0.15) is 0 Å². The fourth-order valence-electron chi connectivity index (χ4n) is 7.92. The molecule has 0 aliphatic rings. The molecule has 4 aromatic heterocycles. The Labute approximate surface area is 262 Å². The third kappa shape index (κ3) is 2.98. The molecule has 0 saturated heterocycles. The van der Waals surface area contributed by atoms with Gasteiger partial charge in [0.2, 0.25) is 0 Å². The Morgan fingerprint density at radius 3 is 1.89 bits per heavy atom. The minimum Gasteiger partial charge on any atom is -0.308 e. The number of hydrogen-bond acceptors (Lipinski definition) is 2. The van der Waals surface area contributed by atoms with Crippen LogP contribution in [0.3, 0.4) is 0 Å². The molecule has 0 N–H and O–H groups in total. The van der Waals surface area contributed by atoms with Gasteiger partial charge < -0.3 is 4.40 Å². The molecule has 0 spiro atoms. The van der Waals surface area contributed by atoms with Gasteiger partial charge in [-0.1, -0.05) is 115 Å². The highest BCUT2D eigenvalue weighted by Gasteiger charge is 2.25. The lowest BCUT2D eigenvalue weighted by atomic mass is 10.0. The summed E-state index contributed by atoms with van der Waals surface area (Å²) < 4.78 is 4.83. The molecule has 4 heterocycles. The summed E-state index contributed by atoms with van der Waals surface area (Å²) in [5, 5.41) is 9.74. The first-order valence-electron chi connectivity index (χ1n) is 15.7. The maximum Gasteiger partial charge on any atom is 0.165 e. The molecule has 0 radical (unpaired) electrons. The summed E-state index contributed by atoms with van der Waals surface area (Å²) in [6.07, 6.45) is 0. The van der Waals surface area contributed by atoms with Crippen LogP contribution in [-0.2, 0) is 0 Å². The molecule has 0 unspecified atom stereocenters. The minimum absolute atomic E-state index is 0.835. The molecular weight excluding hydrogens is 560 g/mol. The van der Waals surface area contributed by atoms with Crippen molar-refractivity contribution in [3.63, 3.8) is 0 Å². The summed E-state index contributed by atoms with van der Waals surface area (Å²) in [7, 11) is 0. The second-order valence-corrected chi connectivity index (χ2v) is 12.2. The Balaban J connectivity index is 1.40. The van der Waals surface area contributed by atoms with Crippen LogP contribution in [-0.4, -0.2) is 18.9 Å². The van der Waals surface area contributed by atoms with Crippen molar-refractivity contribution in [3.8, 4) is 17.1 Å². The number of fused-ring (bicyclic) bond motifs is 9. The van der Waals surface area contributed by atoms with Crippen molar-refractivity contribution >= 4 is 81.7 Å². The average Bonchev–Trinajstić information content (AvgIpc) is 3.60. The van der Waals surface area contributed by atoms with Gasteiger partial charge in [0.25, 0.3) is 0 Å². The Kier molecular flexibility index (Phi) is 4.55. The van der Waals surface area contributed by atoms with E-state index in [4.69, 9.17) is 9.97 Å². The van der Waals surface area contributed by atoms with Crippen LogP contribution in [0.5, 0.6) is 0 Å². The highest BCUT2D eigenvalue weighted by molar-refractivity contribution is 6.33. The fraction of sp³-hybridized carbons (Fsp3) is 0. The van der Waals surface area contributed by atoms with E-state index in [1.807, 2.05) is 0 Å². The second-order valence-electron chi connectivity index (χ2n) is 12.2. The predicted molar refractivity (Wildman–Crippen MR) is 191 cm³/mol. The molecule has 0 atom stereocenters. The third-order valence-corrected chi connectivity index (χ3v) is 9.82. The van der Waals surface area contributed by atoms with Gasteiger partial charge in [0.15, 0.2) is 5.82 Å². The number of rotatable bonds is 2. The van der Waals surface area contributed by atoms with Crippen molar-refractivity contribution in [2.75, 3.05) is 0 Å². The molecule has 0 saturated carbocycles. The lowest BCUT2D eigenvalue weighted by Gasteiger charge is -2.15. The number of nitrogens with zero attached hydrogens (tertiary/aromatic N) is 4. The van der Waals surface area contributed by atoms with Crippen LogP contribution < -0.4 is 0 Å². The summed E-state index contributed by atoms with van der Waals surface area (Å²) in [6, 6.07) is 52.1. The van der Waals surface area contributed by atoms with Crippen LogP contribution in [0.25, 0.3) is 98.8 Å². The molecule has 4 heteroatoms. The largest absolute Gasteiger partial charge is 0.308 e. The number of hydrogen-bond donors (Lipinski definition) is 0. The Morgan fingerprint density at radius 1 is 0.413 bits per heavy atom. The maximum absolute atomic E-state index is 5.48. The Morgan fingerprint density at radius 2 is 1.07 bits per heavy atom. The summed E-state index contributed by atoms with van der Waals surface area (Å²) in [5.74, 6) is 0.835. The molecule has 0 bridgehead atoms. The lowest BCUT2D eigenvalue weighted by Crippen LogP contribution is -2.04. The average molecular weight is 585 g/mol. The summed E-state index contributed by atoms with van der Waals surface area (Å²) in [4.78, 5) is 10.9. The zero-order valence-electron chi connectivity index (χ0n) is 24.6. The van der Waals surface area contributed by atoms with Crippen LogP contribution in [0.15, 0.2) is 146 Å². The fourth-order valence-corrected chi connectivity index (χ4v) is 7.92. The zero-order chi connectivity index (χ0) is 29.9. The molecule has 4 nitrogen and oxygen atoms in total. The van der Waals surface area contributed by atoms with Gasteiger partial charge >= 0.3 is 0 Å². The van der Waals surface area contributed by atoms with E-state index < -0.39 is 0 Å². The van der Waals surface area contributed by atoms with Gasteiger partial charge in [0.1, 0.15) is 5.69 Å². The first-order valence-corrected chi connectivity index (χ1v) is 15.7. The summed E-state index contributed by atoms with van der Waals surface area (Å²) in [5.41, 5.74) is 9.61. The number of benzene rings is 7. The lowest BCUT2D eigenvalue weighted by molar-refractivity contribution is 1.08. The topological polar surface area (TPSA) is 35.1 Å². The second kappa shape index (κ2) is 8.68. The van der Waals surface area contributed by atoms with Crippen molar-refractivity contribution in [1.82, 2.24) is 18.9 Å². The van der Waals surface area contributed by atoms with Crippen LogP contribution in [0.2, 0.25) is 0 Å². The van der Waals surface area contributed by atoms with Crippen molar-refractivity contribution < 1.29 is 0 Å². The summed E-state index contributed by atoms with van der Waals surface area (Å²) >= 11 is 0. The third-order valence-electron chi connectivity index (χ3n) is 9.82. The molecule has 11 aromatic rings. The zero-order valence-corrected chi connectivity index (χ0v) is 24.6. The van der Waals surface area contributed by atoms with Gasteiger partial charge in [-0.15, -0.1) is 0 Å². The maximum atomic E-state index is 5.48. The van der Waals surface area contributed by atoms with Crippen molar-refractivity contribution in [3.05, 3.63) is 146 Å². The highest BCUT2D eigenvalue weighted by atomic mass is 15.1. The molecular formula is C42H24N4. The van der Waals surface area contributed by atoms with E-state index in [-0.39, 0.29) is 0 Å². The number of aromatic nitrogens is 4. The SMILES string of the molecule is c1ccc(-c2nc3c(ccc4ccccc43)nc2-n2c3cccc4c5ccccc5n5c6ccccc6c6ccc2c(c43)c65)cc1. The van der Waals surface area contributed by atoms with E-state index in [0.717, 1.165) is 49.9 Å². The molecule has 0 amide bonds. The van der Waals surface area contributed by atoms with Crippen molar-refractivity contribution in [1.29, 1.82) is 0 Å². The van der Waals surface area contributed by atoms with E-state index in [9.17, 15) is 0 Å². The number of para-hydroxylation sites is 2. The molecule has 11 rings (SSSR count). The standard InChI is InChI=1S/C42H24N4/c1-2-12-26(13-3-1)39-42(43-32-23-21-25-11-4-5-14-27(25)40(32)44-39)46-35-20-10-17-30-28-15-6-8-18-33(28)45-34-19-9-7-16-29(34)31-22-24-36(46)38(37(30)35)41(31)45/h1-24H. The molecule has 7 aromatic carbocycles. The molecule has 0 aliphatic carbocycles. The van der Waals surface area contributed by atoms with Crippen LogP contribution >= 0.6 is 0 Å². The van der Waals surface area contributed by atoms with Gasteiger partial charge in [-0.3, -0.25) is 4.57 Å². The molecule has 0 aliphatic heterocycles. The summed E-state index contributed by atoms with van der Waals surface area (Å²) in [6.45, 7) is 0. The van der Waals surface area contributed by atoms with Crippen LogP contribution in [0, 0.1) is 0 Å². The first-order chi connectivity index (χ1) is 22.8. The van der Waals surface area contributed by atoms with Crippen LogP contribution in [0.1, 0.15) is 0 Å². The van der Waals surface area contributed by atoms with Gasteiger partial charge in [0, 0.05) is 37.9 Å². The molecule has 0 fully saturated rings. The van der Waals surface area contributed by atoms with Crippen LogP contribution in [0.4, 0.5) is 0 Å². The molecule has 46 heavy (non-hydrogen) atoms. The monoisotopic (exact) mass is 584 g/mol. The van der Waals surface area contributed by atoms with Crippen molar-refractivity contribution in [2.24, 2.45) is 0 Å². The molecule has 212 valence electrons. The van der Waals surface area contributed by atoms with E-state index in [1.54, 1.807) is 0 Å². The quantitative estimate of drug-likeness (QED) is 0.190. The normalized spacial score (nSPS) is 12.3. The Bertz CT molecular complexity index is 3020.